The lowest BCUT2D eigenvalue weighted by Gasteiger charge is -2.28. The Morgan fingerprint density at radius 2 is 1.68 bits per heavy atom. The van der Waals surface area contributed by atoms with Gasteiger partial charge in [-0.25, -0.2) is 0 Å². The lowest BCUT2D eigenvalue weighted by molar-refractivity contribution is -0.121. The van der Waals surface area contributed by atoms with E-state index in [0.29, 0.717) is 6.42 Å². The number of ketones is 1. The quantitative estimate of drug-likeness (QED) is 0.591. The van der Waals surface area contributed by atoms with Crippen molar-refractivity contribution < 1.29 is 4.79 Å². The monoisotopic (exact) mass is 293 g/mol. The second kappa shape index (κ2) is 7.71. The lowest BCUT2D eigenvalue weighted by Crippen LogP contribution is -2.35. The Bertz CT molecular complexity index is 606. The van der Waals surface area contributed by atoms with Crippen molar-refractivity contribution in [3.8, 4) is 0 Å². The van der Waals surface area contributed by atoms with E-state index in [9.17, 15) is 4.79 Å². The maximum absolute atomic E-state index is 12.3. The fourth-order valence-corrected chi connectivity index (χ4v) is 2.74. The number of carbonyl (C=O) groups is 1. The molecule has 0 fully saturated rings. The maximum atomic E-state index is 12.3. The lowest BCUT2D eigenvalue weighted by atomic mass is 9.74. The van der Waals surface area contributed by atoms with Gasteiger partial charge in [0.15, 0.2) is 0 Å². The highest BCUT2D eigenvalue weighted by Crippen LogP contribution is 2.30. The number of benzene rings is 2. The molecule has 1 atom stereocenters. The maximum Gasteiger partial charge on any atom is 0.144 e. The van der Waals surface area contributed by atoms with Crippen LogP contribution < -0.4 is 5.32 Å². The van der Waals surface area contributed by atoms with Crippen molar-refractivity contribution >= 4 is 5.78 Å². The third-order valence-corrected chi connectivity index (χ3v) is 4.13. The number of carbonyl (C=O) groups excluding carboxylic acids is 1. The van der Waals surface area contributed by atoms with E-state index in [2.05, 4.69) is 24.0 Å². The standard InChI is InChI=1S/C20H23NO/c1-3-20(17(2)22,19-12-8-5-9-13-19)14-15-21-16-18-10-6-4-7-11-18/h3-13,21H,1,14-16H2,2H3/t20-/m0/s1. The van der Waals surface area contributed by atoms with E-state index < -0.39 is 5.41 Å². The molecule has 0 aliphatic heterocycles. The number of Topliss-reactive ketones (excluding diaryl/α,β-unsaturated/α-hetero) is 1. The predicted octanol–water partition coefficient (Wildman–Crippen LogP) is 3.88. The fourth-order valence-electron chi connectivity index (χ4n) is 2.74. The summed E-state index contributed by atoms with van der Waals surface area (Å²) in [7, 11) is 0. The number of hydrogen-bond acceptors (Lipinski definition) is 2. The molecule has 114 valence electrons. The highest BCUT2D eigenvalue weighted by atomic mass is 16.1. The summed E-state index contributed by atoms with van der Waals surface area (Å²) in [4.78, 5) is 12.3. The van der Waals surface area contributed by atoms with Crippen LogP contribution in [0.3, 0.4) is 0 Å². The van der Waals surface area contributed by atoms with Crippen LogP contribution in [0.15, 0.2) is 73.3 Å². The fraction of sp³-hybridized carbons (Fsp3) is 0.250. The molecule has 0 amide bonds. The summed E-state index contributed by atoms with van der Waals surface area (Å²) in [6, 6.07) is 20.2. The second-order valence-corrected chi connectivity index (χ2v) is 5.51. The van der Waals surface area contributed by atoms with Gasteiger partial charge in [-0.05, 0) is 31.0 Å². The Morgan fingerprint density at radius 3 is 2.23 bits per heavy atom. The molecule has 0 saturated heterocycles. The molecule has 0 aromatic heterocycles. The summed E-state index contributed by atoms with van der Waals surface area (Å²) >= 11 is 0. The van der Waals surface area contributed by atoms with Crippen molar-refractivity contribution in [2.24, 2.45) is 0 Å². The Kier molecular flexibility index (Phi) is 5.68. The Labute approximate surface area is 132 Å². The first-order valence-electron chi connectivity index (χ1n) is 7.64. The number of allylic oxidation sites excluding steroid dienone is 1. The molecule has 2 aromatic rings. The third kappa shape index (κ3) is 3.71. The van der Waals surface area contributed by atoms with Crippen molar-refractivity contribution in [3.63, 3.8) is 0 Å². The van der Waals surface area contributed by atoms with Crippen molar-refractivity contribution in [1.29, 1.82) is 0 Å². The molecule has 22 heavy (non-hydrogen) atoms. The largest absolute Gasteiger partial charge is 0.313 e. The first-order valence-corrected chi connectivity index (χ1v) is 7.64. The molecule has 2 rings (SSSR count). The summed E-state index contributed by atoms with van der Waals surface area (Å²) in [6.07, 6.45) is 2.50. The van der Waals surface area contributed by atoms with Gasteiger partial charge >= 0.3 is 0 Å². The second-order valence-electron chi connectivity index (χ2n) is 5.51. The Morgan fingerprint density at radius 1 is 1.09 bits per heavy atom. The van der Waals surface area contributed by atoms with Crippen LogP contribution in [0.25, 0.3) is 0 Å². The summed E-state index contributed by atoms with van der Waals surface area (Å²) in [5, 5.41) is 3.42. The van der Waals surface area contributed by atoms with E-state index in [4.69, 9.17) is 0 Å². The van der Waals surface area contributed by atoms with Gasteiger partial charge in [-0.3, -0.25) is 4.79 Å². The van der Waals surface area contributed by atoms with Crippen LogP contribution >= 0.6 is 0 Å². The van der Waals surface area contributed by atoms with Crippen LogP contribution in [0.1, 0.15) is 24.5 Å². The first kappa shape index (κ1) is 16.2. The molecule has 0 aliphatic rings. The van der Waals surface area contributed by atoms with Gasteiger partial charge in [0.2, 0.25) is 0 Å². The summed E-state index contributed by atoms with van der Waals surface area (Å²) < 4.78 is 0. The molecule has 0 heterocycles. The van der Waals surface area contributed by atoms with Crippen molar-refractivity contribution in [1.82, 2.24) is 5.32 Å². The van der Waals surface area contributed by atoms with E-state index in [1.807, 2.05) is 48.5 Å². The van der Waals surface area contributed by atoms with Crippen LogP contribution in [0.4, 0.5) is 0 Å². The minimum Gasteiger partial charge on any atom is -0.313 e. The van der Waals surface area contributed by atoms with Crippen molar-refractivity contribution in [2.75, 3.05) is 6.54 Å². The summed E-state index contributed by atoms with van der Waals surface area (Å²) in [5.74, 6) is 0.134. The summed E-state index contributed by atoms with van der Waals surface area (Å²) in [6.45, 7) is 7.13. The van der Waals surface area contributed by atoms with E-state index in [-0.39, 0.29) is 5.78 Å². The van der Waals surface area contributed by atoms with E-state index in [0.717, 1.165) is 18.7 Å². The minimum absolute atomic E-state index is 0.134. The van der Waals surface area contributed by atoms with E-state index in [1.165, 1.54) is 5.56 Å². The minimum atomic E-state index is -0.606. The predicted molar refractivity (Wildman–Crippen MR) is 91.8 cm³/mol. The van der Waals surface area contributed by atoms with Crippen LogP contribution in [0.2, 0.25) is 0 Å². The molecule has 0 aliphatic carbocycles. The van der Waals surface area contributed by atoms with Gasteiger partial charge in [0, 0.05) is 6.54 Å². The Hall–Kier alpha value is -2.19. The molecule has 2 nitrogen and oxygen atoms in total. The normalized spacial score (nSPS) is 13.3. The van der Waals surface area contributed by atoms with Gasteiger partial charge in [-0.1, -0.05) is 66.7 Å². The highest BCUT2D eigenvalue weighted by Gasteiger charge is 2.33. The zero-order valence-electron chi connectivity index (χ0n) is 13.1. The van der Waals surface area contributed by atoms with Gasteiger partial charge in [-0.2, -0.15) is 0 Å². The van der Waals surface area contributed by atoms with Crippen molar-refractivity contribution in [2.45, 2.75) is 25.3 Å². The smallest absolute Gasteiger partial charge is 0.144 e. The average molecular weight is 293 g/mol. The van der Waals surface area contributed by atoms with Gasteiger partial charge in [0.25, 0.3) is 0 Å². The van der Waals surface area contributed by atoms with Gasteiger partial charge in [0.1, 0.15) is 5.78 Å². The molecule has 0 spiro atoms. The van der Waals surface area contributed by atoms with E-state index >= 15 is 0 Å². The average Bonchev–Trinajstić information content (AvgIpc) is 2.57. The molecule has 0 saturated carbocycles. The highest BCUT2D eigenvalue weighted by molar-refractivity contribution is 5.90. The molecule has 1 N–H and O–H groups in total. The van der Waals surface area contributed by atoms with Crippen LogP contribution in [0.5, 0.6) is 0 Å². The molecular formula is C20H23NO. The van der Waals surface area contributed by atoms with Gasteiger partial charge in [0.05, 0.1) is 5.41 Å². The first-order chi connectivity index (χ1) is 10.7. The molecule has 2 aromatic carbocycles. The molecule has 0 unspecified atom stereocenters. The Balaban J connectivity index is 2.02. The molecular weight excluding hydrogens is 270 g/mol. The van der Waals surface area contributed by atoms with Crippen molar-refractivity contribution in [3.05, 3.63) is 84.4 Å². The van der Waals surface area contributed by atoms with Crippen LogP contribution in [0, 0.1) is 0 Å². The van der Waals surface area contributed by atoms with E-state index in [1.54, 1.807) is 13.0 Å². The molecule has 0 bridgehead atoms. The van der Waals surface area contributed by atoms with Crippen LogP contribution in [-0.2, 0) is 16.8 Å². The summed E-state index contributed by atoms with van der Waals surface area (Å²) in [5.41, 5.74) is 1.65. The van der Waals surface area contributed by atoms with Gasteiger partial charge < -0.3 is 5.32 Å². The zero-order chi connectivity index (χ0) is 15.8. The molecule has 0 radical (unpaired) electrons. The number of hydrogen-bond donors (Lipinski definition) is 1. The van der Waals surface area contributed by atoms with Gasteiger partial charge in [-0.15, -0.1) is 6.58 Å². The molecule has 2 heteroatoms. The third-order valence-electron chi connectivity index (χ3n) is 4.13. The number of nitrogens with one attached hydrogen (secondary N) is 1. The zero-order valence-corrected chi connectivity index (χ0v) is 13.1. The van der Waals surface area contributed by atoms with Crippen LogP contribution in [-0.4, -0.2) is 12.3 Å². The topological polar surface area (TPSA) is 29.1 Å². The SMILES string of the molecule is C=C[C@](CCNCc1ccccc1)(C(C)=O)c1ccccc1. The number of rotatable bonds is 8.